The van der Waals surface area contributed by atoms with Crippen LogP contribution < -0.4 is 11.1 Å². The van der Waals surface area contributed by atoms with Gasteiger partial charge in [-0.15, -0.1) is 0 Å². The molecule has 10 heteroatoms. The first-order chi connectivity index (χ1) is 11.5. The van der Waals surface area contributed by atoms with Crippen molar-refractivity contribution in [3.63, 3.8) is 0 Å². The van der Waals surface area contributed by atoms with Crippen LogP contribution in [0.2, 0.25) is 0 Å². The van der Waals surface area contributed by atoms with Gasteiger partial charge in [-0.05, 0) is 12.8 Å². The molecule has 3 N–H and O–H groups in total. The molecule has 1 fully saturated rings. The number of nitrogens with one attached hydrogen (secondary N) is 1. The highest BCUT2D eigenvalue weighted by Gasteiger charge is 2.28. The number of carbonyl (C=O) groups is 2. The van der Waals surface area contributed by atoms with Crippen molar-refractivity contribution in [2.45, 2.75) is 25.8 Å². The number of likely N-dealkylation sites (tertiary alicyclic amines) is 1. The first-order valence-corrected chi connectivity index (χ1v) is 7.93. The summed E-state index contributed by atoms with van der Waals surface area (Å²) in [6.45, 7) is 2.11. The standard InChI is InChI=1S/C14H22N6O4/c15-4-5-16-14(22)11-2-1-6-18(9-11)13(21)3-7-19-10-12(8-17-19)20(23)24/h8,10-11H,1-7,9,15H2,(H,16,22). The van der Waals surface area contributed by atoms with Crippen molar-refractivity contribution in [3.8, 4) is 0 Å². The minimum atomic E-state index is -0.527. The van der Waals surface area contributed by atoms with Crippen LogP contribution in [-0.2, 0) is 16.1 Å². The Bertz CT molecular complexity index is 602. The second kappa shape index (κ2) is 8.39. The topological polar surface area (TPSA) is 136 Å². The average Bonchev–Trinajstić information content (AvgIpc) is 3.07. The Balaban J connectivity index is 1.82. The van der Waals surface area contributed by atoms with Crippen molar-refractivity contribution in [3.05, 3.63) is 22.5 Å². The molecule has 0 aromatic carbocycles. The highest BCUT2D eigenvalue weighted by molar-refractivity contribution is 5.81. The number of carbonyl (C=O) groups excluding carboxylic acids is 2. The first kappa shape index (κ1) is 17.9. The Hall–Kier alpha value is -2.49. The molecule has 0 radical (unpaired) electrons. The van der Waals surface area contributed by atoms with Gasteiger partial charge < -0.3 is 16.0 Å². The fraction of sp³-hybridized carbons (Fsp3) is 0.643. The zero-order valence-corrected chi connectivity index (χ0v) is 13.4. The maximum Gasteiger partial charge on any atom is 0.306 e. The van der Waals surface area contributed by atoms with Gasteiger partial charge in [-0.25, -0.2) is 0 Å². The molecule has 2 rings (SSSR count). The monoisotopic (exact) mass is 338 g/mol. The van der Waals surface area contributed by atoms with Gasteiger partial charge in [0, 0.05) is 39.1 Å². The summed E-state index contributed by atoms with van der Waals surface area (Å²) in [6.07, 6.45) is 4.18. The molecule has 2 amide bonds. The van der Waals surface area contributed by atoms with Crippen LogP contribution in [0.1, 0.15) is 19.3 Å². The molecule has 1 unspecified atom stereocenters. The van der Waals surface area contributed by atoms with Crippen LogP contribution >= 0.6 is 0 Å². The zero-order valence-electron chi connectivity index (χ0n) is 13.4. The first-order valence-electron chi connectivity index (χ1n) is 7.93. The summed E-state index contributed by atoms with van der Waals surface area (Å²) < 4.78 is 1.38. The predicted octanol–water partition coefficient (Wildman–Crippen LogP) is -0.505. The second-order valence-electron chi connectivity index (χ2n) is 5.73. The highest BCUT2D eigenvalue weighted by Crippen LogP contribution is 2.17. The van der Waals surface area contributed by atoms with Gasteiger partial charge in [0.25, 0.3) is 0 Å². The maximum absolute atomic E-state index is 12.3. The molecule has 0 aliphatic carbocycles. The maximum atomic E-state index is 12.3. The Kier molecular flexibility index (Phi) is 6.24. The molecule has 1 aliphatic heterocycles. The Morgan fingerprint density at radius 3 is 2.96 bits per heavy atom. The molecule has 1 aromatic heterocycles. The van der Waals surface area contributed by atoms with E-state index in [1.54, 1.807) is 4.90 Å². The number of nitro groups is 1. The van der Waals surface area contributed by atoms with Gasteiger partial charge in [-0.3, -0.25) is 24.4 Å². The second-order valence-corrected chi connectivity index (χ2v) is 5.73. The van der Waals surface area contributed by atoms with E-state index in [-0.39, 0.29) is 36.4 Å². The van der Waals surface area contributed by atoms with Crippen LogP contribution in [-0.4, -0.2) is 57.6 Å². The predicted molar refractivity (Wildman–Crippen MR) is 84.9 cm³/mol. The molecule has 0 spiro atoms. The number of nitrogens with two attached hydrogens (primary N) is 1. The summed E-state index contributed by atoms with van der Waals surface area (Å²) in [7, 11) is 0. The number of aryl methyl sites for hydroxylation is 1. The lowest BCUT2D eigenvalue weighted by Crippen LogP contribution is -2.46. The van der Waals surface area contributed by atoms with Gasteiger partial charge in [0.15, 0.2) is 0 Å². The number of aromatic nitrogens is 2. The summed E-state index contributed by atoms with van der Waals surface area (Å²) >= 11 is 0. The Labute approximate surface area is 139 Å². The number of piperidine rings is 1. The summed E-state index contributed by atoms with van der Waals surface area (Å²) in [6, 6.07) is 0. The number of hydrogen-bond donors (Lipinski definition) is 2. The fourth-order valence-electron chi connectivity index (χ4n) is 2.69. The summed E-state index contributed by atoms with van der Waals surface area (Å²) in [4.78, 5) is 36.0. The lowest BCUT2D eigenvalue weighted by molar-refractivity contribution is -0.385. The molecular formula is C14H22N6O4. The van der Waals surface area contributed by atoms with Gasteiger partial charge in [0.1, 0.15) is 12.4 Å². The third kappa shape index (κ3) is 4.75. The van der Waals surface area contributed by atoms with Gasteiger partial charge in [-0.2, -0.15) is 5.10 Å². The van der Waals surface area contributed by atoms with E-state index in [1.165, 1.54) is 10.9 Å². The van der Waals surface area contributed by atoms with Gasteiger partial charge in [-0.1, -0.05) is 0 Å². The third-order valence-corrected chi connectivity index (χ3v) is 3.97. The van der Waals surface area contributed by atoms with Gasteiger partial charge >= 0.3 is 5.69 Å². The molecule has 132 valence electrons. The lowest BCUT2D eigenvalue weighted by Gasteiger charge is -2.32. The van der Waals surface area contributed by atoms with Gasteiger partial charge in [0.05, 0.1) is 10.8 Å². The highest BCUT2D eigenvalue weighted by atomic mass is 16.6. The van der Waals surface area contributed by atoms with Crippen LogP contribution in [0.4, 0.5) is 5.69 Å². The minimum absolute atomic E-state index is 0.0688. The quantitative estimate of drug-likeness (QED) is 0.508. The van der Waals surface area contributed by atoms with E-state index in [0.29, 0.717) is 26.2 Å². The fourth-order valence-corrected chi connectivity index (χ4v) is 2.69. The van der Waals surface area contributed by atoms with Crippen LogP contribution in [0.5, 0.6) is 0 Å². The van der Waals surface area contributed by atoms with E-state index in [0.717, 1.165) is 19.0 Å². The number of rotatable bonds is 7. The largest absolute Gasteiger partial charge is 0.355 e. The van der Waals surface area contributed by atoms with Crippen molar-refractivity contribution >= 4 is 17.5 Å². The van der Waals surface area contributed by atoms with E-state index in [1.807, 2.05) is 0 Å². The molecule has 0 saturated carbocycles. The molecule has 24 heavy (non-hydrogen) atoms. The Morgan fingerprint density at radius 2 is 2.29 bits per heavy atom. The SMILES string of the molecule is NCCNC(=O)C1CCCN(C(=O)CCn2cc([N+](=O)[O-])cn2)C1. The molecule has 0 bridgehead atoms. The van der Waals surface area contributed by atoms with E-state index >= 15 is 0 Å². The van der Waals surface area contributed by atoms with E-state index in [9.17, 15) is 19.7 Å². The lowest BCUT2D eigenvalue weighted by atomic mass is 9.97. The molecule has 10 nitrogen and oxygen atoms in total. The smallest absolute Gasteiger partial charge is 0.306 e. The molecular weight excluding hydrogens is 316 g/mol. The minimum Gasteiger partial charge on any atom is -0.355 e. The summed E-state index contributed by atoms with van der Waals surface area (Å²) in [5, 5.41) is 17.2. The molecule has 1 saturated heterocycles. The van der Waals surface area contributed by atoms with Crippen molar-refractivity contribution in [2.75, 3.05) is 26.2 Å². The van der Waals surface area contributed by atoms with Crippen LogP contribution in [0, 0.1) is 16.0 Å². The zero-order chi connectivity index (χ0) is 17.5. The van der Waals surface area contributed by atoms with Gasteiger partial charge in [0.2, 0.25) is 11.8 Å². The third-order valence-electron chi connectivity index (χ3n) is 3.97. The summed E-state index contributed by atoms with van der Waals surface area (Å²) in [5.74, 6) is -0.356. The van der Waals surface area contributed by atoms with Crippen molar-refractivity contribution in [1.82, 2.24) is 20.0 Å². The Morgan fingerprint density at radius 1 is 1.50 bits per heavy atom. The molecule has 1 aromatic rings. The van der Waals surface area contributed by atoms with Crippen molar-refractivity contribution in [1.29, 1.82) is 0 Å². The van der Waals surface area contributed by atoms with Crippen LogP contribution in [0.15, 0.2) is 12.4 Å². The summed E-state index contributed by atoms with van der Waals surface area (Å²) in [5.41, 5.74) is 5.27. The van der Waals surface area contributed by atoms with Crippen molar-refractivity contribution < 1.29 is 14.5 Å². The number of nitrogens with zero attached hydrogens (tertiary/aromatic N) is 4. The van der Waals surface area contributed by atoms with Crippen molar-refractivity contribution in [2.24, 2.45) is 11.7 Å². The van der Waals surface area contributed by atoms with E-state index in [2.05, 4.69) is 10.4 Å². The van der Waals surface area contributed by atoms with E-state index < -0.39 is 4.92 Å². The van der Waals surface area contributed by atoms with Crippen LogP contribution in [0.3, 0.4) is 0 Å². The van der Waals surface area contributed by atoms with Crippen LogP contribution in [0.25, 0.3) is 0 Å². The molecule has 1 aliphatic rings. The normalized spacial score (nSPS) is 17.5. The number of amides is 2. The molecule has 1 atom stereocenters. The molecule has 2 heterocycles. The number of hydrogen-bond acceptors (Lipinski definition) is 6. The van der Waals surface area contributed by atoms with E-state index in [4.69, 9.17) is 5.73 Å². The average molecular weight is 338 g/mol.